The van der Waals surface area contributed by atoms with Crippen LogP contribution in [0, 0.1) is 0 Å². The van der Waals surface area contributed by atoms with Crippen LogP contribution in [0.25, 0.3) is 22.4 Å². The van der Waals surface area contributed by atoms with Crippen molar-refractivity contribution in [2.75, 3.05) is 20.8 Å². The second-order valence-corrected chi connectivity index (χ2v) is 7.09. The maximum absolute atomic E-state index is 10.6. The van der Waals surface area contributed by atoms with E-state index in [4.69, 9.17) is 19.3 Å². The Kier molecular flexibility index (Phi) is 7.87. The lowest BCUT2D eigenvalue weighted by Gasteiger charge is -2.12. The number of pyridine rings is 1. The normalized spacial score (nSPS) is 10.5. The maximum atomic E-state index is 10.6. The summed E-state index contributed by atoms with van der Waals surface area (Å²) in [5.74, 6) is 1.36. The Hall–Kier alpha value is -3.54. The lowest BCUT2D eigenvalue weighted by atomic mass is 10.0. The summed E-state index contributed by atoms with van der Waals surface area (Å²) in [7, 11) is 3.28. The van der Waals surface area contributed by atoms with E-state index in [0.29, 0.717) is 18.9 Å². The van der Waals surface area contributed by atoms with Gasteiger partial charge in [0.1, 0.15) is 11.5 Å². The van der Waals surface area contributed by atoms with Gasteiger partial charge in [-0.2, -0.15) is 0 Å². The molecule has 0 saturated carbocycles. The van der Waals surface area contributed by atoms with E-state index in [1.54, 1.807) is 14.2 Å². The van der Waals surface area contributed by atoms with Crippen LogP contribution in [0.1, 0.15) is 25.7 Å². The number of ether oxygens (including phenoxy) is 3. The van der Waals surface area contributed by atoms with Crippen LogP contribution in [0.4, 0.5) is 0 Å². The SMILES string of the molecule is COc1ccc(-c2cc(OCCCCCC(=O)O)nc(-c3ccc(OC)cc3)c2)cc1. The molecule has 1 aromatic heterocycles. The van der Waals surface area contributed by atoms with Gasteiger partial charge in [-0.3, -0.25) is 4.79 Å². The van der Waals surface area contributed by atoms with E-state index < -0.39 is 5.97 Å². The molecule has 6 heteroatoms. The van der Waals surface area contributed by atoms with Gasteiger partial charge in [0, 0.05) is 18.1 Å². The zero-order valence-electron chi connectivity index (χ0n) is 17.8. The van der Waals surface area contributed by atoms with E-state index in [1.807, 2.05) is 60.7 Å². The molecule has 0 fully saturated rings. The van der Waals surface area contributed by atoms with Crippen molar-refractivity contribution in [3.05, 3.63) is 60.7 Å². The molecule has 2 aromatic carbocycles. The summed E-state index contributed by atoms with van der Waals surface area (Å²) in [6, 6.07) is 19.5. The number of carbonyl (C=O) groups is 1. The molecule has 31 heavy (non-hydrogen) atoms. The number of aliphatic carboxylic acids is 1. The number of carboxylic acid groups (broad SMARTS) is 1. The summed E-state index contributed by atoms with van der Waals surface area (Å²) in [5, 5.41) is 8.73. The Balaban J connectivity index is 1.81. The number of methoxy groups -OCH3 is 2. The Morgan fingerprint density at radius 3 is 2.00 bits per heavy atom. The first-order valence-electron chi connectivity index (χ1n) is 10.2. The molecule has 1 N–H and O–H groups in total. The van der Waals surface area contributed by atoms with Crippen molar-refractivity contribution < 1.29 is 24.1 Å². The molecule has 1 heterocycles. The van der Waals surface area contributed by atoms with Gasteiger partial charge in [-0.05, 0) is 72.9 Å². The van der Waals surface area contributed by atoms with Crippen LogP contribution >= 0.6 is 0 Å². The third kappa shape index (κ3) is 6.47. The third-order valence-electron chi connectivity index (χ3n) is 4.90. The van der Waals surface area contributed by atoms with Gasteiger partial charge in [0.2, 0.25) is 5.88 Å². The fraction of sp³-hybridized carbons (Fsp3) is 0.280. The van der Waals surface area contributed by atoms with Gasteiger partial charge in [-0.15, -0.1) is 0 Å². The fourth-order valence-corrected chi connectivity index (χ4v) is 3.17. The quantitative estimate of drug-likeness (QED) is 0.415. The van der Waals surface area contributed by atoms with Crippen LogP contribution in [0.3, 0.4) is 0 Å². The number of unbranched alkanes of at least 4 members (excludes halogenated alkanes) is 2. The smallest absolute Gasteiger partial charge is 0.303 e. The number of benzene rings is 2. The highest BCUT2D eigenvalue weighted by atomic mass is 16.5. The molecular formula is C25H27NO5. The highest BCUT2D eigenvalue weighted by molar-refractivity contribution is 5.72. The van der Waals surface area contributed by atoms with Gasteiger partial charge in [0.25, 0.3) is 0 Å². The lowest BCUT2D eigenvalue weighted by molar-refractivity contribution is -0.137. The number of rotatable bonds is 11. The van der Waals surface area contributed by atoms with Gasteiger partial charge in [0.05, 0.1) is 26.5 Å². The minimum atomic E-state index is -0.765. The molecule has 0 aliphatic rings. The van der Waals surface area contributed by atoms with E-state index in [0.717, 1.165) is 46.7 Å². The Morgan fingerprint density at radius 2 is 1.42 bits per heavy atom. The van der Waals surface area contributed by atoms with Crippen LogP contribution in [0.2, 0.25) is 0 Å². The van der Waals surface area contributed by atoms with Crippen molar-refractivity contribution in [3.63, 3.8) is 0 Å². The molecule has 0 saturated heterocycles. The standard InChI is InChI=1S/C25H27NO5/c1-29-21-11-7-18(8-12-21)20-16-23(19-9-13-22(30-2)14-10-19)26-24(17-20)31-15-5-3-4-6-25(27)28/h7-14,16-17H,3-6,15H2,1-2H3,(H,27,28). The minimum absolute atomic E-state index is 0.187. The Morgan fingerprint density at radius 1 is 0.806 bits per heavy atom. The average molecular weight is 421 g/mol. The molecule has 0 unspecified atom stereocenters. The van der Waals surface area contributed by atoms with Gasteiger partial charge in [0.15, 0.2) is 0 Å². The first-order chi connectivity index (χ1) is 15.1. The molecule has 3 aromatic rings. The van der Waals surface area contributed by atoms with Crippen molar-refractivity contribution in [2.24, 2.45) is 0 Å². The van der Waals surface area contributed by atoms with Crippen LogP contribution < -0.4 is 14.2 Å². The third-order valence-corrected chi connectivity index (χ3v) is 4.90. The van der Waals surface area contributed by atoms with Crippen molar-refractivity contribution in [3.8, 4) is 39.8 Å². The second-order valence-electron chi connectivity index (χ2n) is 7.09. The monoisotopic (exact) mass is 421 g/mol. The predicted octanol–water partition coefficient (Wildman–Crippen LogP) is 5.46. The molecule has 0 radical (unpaired) electrons. The summed E-state index contributed by atoms with van der Waals surface area (Å²) < 4.78 is 16.4. The van der Waals surface area contributed by atoms with Gasteiger partial charge in [-0.25, -0.2) is 4.98 Å². The lowest BCUT2D eigenvalue weighted by Crippen LogP contribution is -2.01. The Labute approximate surface area is 182 Å². The molecule has 162 valence electrons. The van der Waals surface area contributed by atoms with Crippen LogP contribution in [0.15, 0.2) is 60.7 Å². The zero-order chi connectivity index (χ0) is 22.1. The molecule has 0 aliphatic carbocycles. The van der Waals surface area contributed by atoms with Crippen LogP contribution in [-0.4, -0.2) is 36.9 Å². The summed E-state index contributed by atoms with van der Waals surface area (Å²) in [6.07, 6.45) is 2.41. The second kappa shape index (κ2) is 11.0. The van der Waals surface area contributed by atoms with Crippen molar-refractivity contribution in [1.29, 1.82) is 0 Å². The number of nitrogens with zero attached hydrogens (tertiary/aromatic N) is 1. The minimum Gasteiger partial charge on any atom is -0.497 e. The van der Waals surface area contributed by atoms with E-state index in [-0.39, 0.29) is 6.42 Å². The topological polar surface area (TPSA) is 77.9 Å². The number of carboxylic acids is 1. The Bertz CT molecular complexity index is 918. The van der Waals surface area contributed by atoms with Crippen molar-refractivity contribution >= 4 is 5.97 Å². The van der Waals surface area contributed by atoms with E-state index in [1.165, 1.54) is 0 Å². The van der Waals surface area contributed by atoms with Crippen molar-refractivity contribution in [2.45, 2.75) is 25.7 Å². The van der Waals surface area contributed by atoms with Gasteiger partial charge in [-0.1, -0.05) is 12.1 Å². The fourth-order valence-electron chi connectivity index (χ4n) is 3.17. The summed E-state index contributed by atoms with van der Waals surface area (Å²) in [4.78, 5) is 15.3. The predicted molar refractivity (Wildman–Crippen MR) is 120 cm³/mol. The average Bonchev–Trinajstić information content (AvgIpc) is 2.81. The number of hydrogen-bond donors (Lipinski definition) is 1. The van der Waals surface area contributed by atoms with Gasteiger partial charge < -0.3 is 19.3 Å². The van der Waals surface area contributed by atoms with Gasteiger partial charge >= 0.3 is 5.97 Å². The van der Waals surface area contributed by atoms with Crippen molar-refractivity contribution in [1.82, 2.24) is 4.98 Å². The highest BCUT2D eigenvalue weighted by Gasteiger charge is 2.09. The van der Waals surface area contributed by atoms with E-state index >= 15 is 0 Å². The molecule has 0 amide bonds. The zero-order valence-corrected chi connectivity index (χ0v) is 17.8. The van der Waals surface area contributed by atoms with Crippen LogP contribution in [0.5, 0.6) is 17.4 Å². The summed E-state index contributed by atoms with van der Waals surface area (Å²) in [6.45, 7) is 0.487. The number of hydrogen-bond acceptors (Lipinski definition) is 5. The molecule has 0 atom stereocenters. The first kappa shape index (κ1) is 22.2. The maximum Gasteiger partial charge on any atom is 0.303 e. The van der Waals surface area contributed by atoms with Crippen LogP contribution in [-0.2, 0) is 4.79 Å². The summed E-state index contributed by atoms with van der Waals surface area (Å²) >= 11 is 0. The highest BCUT2D eigenvalue weighted by Crippen LogP contribution is 2.30. The molecule has 0 bridgehead atoms. The molecule has 6 nitrogen and oxygen atoms in total. The van der Waals surface area contributed by atoms with E-state index in [9.17, 15) is 4.79 Å². The molecule has 3 rings (SSSR count). The summed E-state index contributed by atoms with van der Waals surface area (Å²) in [5.41, 5.74) is 3.79. The molecular weight excluding hydrogens is 394 g/mol. The molecule has 0 spiro atoms. The van der Waals surface area contributed by atoms with E-state index in [2.05, 4.69) is 4.98 Å². The molecule has 0 aliphatic heterocycles. The first-order valence-corrected chi connectivity index (χ1v) is 10.2. The largest absolute Gasteiger partial charge is 0.497 e. The number of aromatic nitrogens is 1.